The van der Waals surface area contributed by atoms with Gasteiger partial charge in [0.15, 0.2) is 0 Å². The maximum Gasteiger partial charge on any atom is 0.223 e. The zero-order chi connectivity index (χ0) is 26.7. The van der Waals surface area contributed by atoms with E-state index in [1.54, 1.807) is 0 Å². The number of ether oxygens (including phenoxy) is 2. The molecule has 3 aromatic rings. The number of nitrogens with zero attached hydrogens (tertiary/aromatic N) is 1. The molecule has 1 aliphatic rings. The number of aryl methyl sites for hydroxylation is 1. The zero-order valence-corrected chi connectivity index (χ0v) is 22.6. The second kappa shape index (κ2) is 13.8. The monoisotopic (exact) mass is 513 g/mol. The molecule has 1 saturated heterocycles. The molecule has 3 aromatic carbocycles. The van der Waals surface area contributed by atoms with Crippen LogP contribution in [0, 0.1) is 0 Å². The number of rotatable bonds is 12. The molecule has 0 aliphatic carbocycles. The van der Waals surface area contributed by atoms with Crippen molar-refractivity contribution in [2.75, 3.05) is 6.54 Å². The first-order valence-corrected chi connectivity index (χ1v) is 13.9. The number of benzene rings is 3. The fourth-order valence-corrected chi connectivity index (χ4v) is 5.02. The van der Waals surface area contributed by atoms with Gasteiger partial charge in [0.2, 0.25) is 5.91 Å². The van der Waals surface area contributed by atoms with E-state index in [0.29, 0.717) is 38.2 Å². The van der Waals surface area contributed by atoms with Crippen molar-refractivity contribution in [3.8, 4) is 11.5 Å². The number of likely N-dealkylation sites (tertiary alicyclic amines) is 1. The highest BCUT2D eigenvalue weighted by molar-refractivity contribution is 5.84. The summed E-state index contributed by atoms with van der Waals surface area (Å²) in [5, 5.41) is 0. The minimum Gasteiger partial charge on any atom is -0.491 e. The first-order chi connectivity index (χ1) is 18.5. The third-order valence-electron chi connectivity index (χ3n) is 7.05. The van der Waals surface area contributed by atoms with Gasteiger partial charge in [-0.05, 0) is 55.9 Å². The van der Waals surface area contributed by atoms with E-state index in [2.05, 4.69) is 31.2 Å². The molecule has 0 bridgehead atoms. The Morgan fingerprint density at radius 3 is 2.42 bits per heavy atom. The Morgan fingerprint density at radius 1 is 1.00 bits per heavy atom. The van der Waals surface area contributed by atoms with E-state index in [0.717, 1.165) is 42.6 Å². The predicted octanol–water partition coefficient (Wildman–Crippen LogP) is 7.09. The van der Waals surface area contributed by atoms with Gasteiger partial charge in [-0.1, -0.05) is 67.6 Å². The highest BCUT2D eigenvalue weighted by atomic mass is 16.5. The smallest absolute Gasteiger partial charge is 0.223 e. The summed E-state index contributed by atoms with van der Waals surface area (Å²) in [5.41, 5.74) is 3.25. The van der Waals surface area contributed by atoms with Gasteiger partial charge in [0.1, 0.15) is 23.9 Å². The van der Waals surface area contributed by atoms with Crippen LogP contribution in [0.4, 0.5) is 0 Å². The minimum atomic E-state index is -0.321. The van der Waals surface area contributed by atoms with Crippen LogP contribution in [0.25, 0.3) is 0 Å². The van der Waals surface area contributed by atoms with Gasteiger partial charge in [-0.25, -0.2) is 0 Å². The third-order valence-corrected chi connectivity index (χ3v) is 7.05. The van der Waals surface area contributed by atoms with Gasteiger partial charge < -0.3 is 14.4 Å². The molecule has 5 heteroatoms. The van der Waals surface area contributed by atoms with E-state index in [1.807, 2.05) is 66.4 Å². The van der Waals surface area contributed by atoms with Crippen LogP contribution in [0.15, 0.2) is 78.9 Å². The van der Waals surface area contributed by atoms with Crippen molar-refractivity contribution in [1.29, 1.82) is 0 Å². The Labute approximate surface area is 226 Å². The molecule has 1 aliphatic heterocycles. The molecule has 1 amide bonds. The van der Waals surface area contributed by atoms with Crippen LogP contribution in [0.1, 0.15) is 75.1 Å². The SMILES string of the molecule is CCCC(=O)N1CCC(=O)CC1c1ccc(OC(C)CCCc2ccccc2)cc1OCc1ccccc1. The first-order valence-electron chi connectivity index (χ1n) is 13.9. The molecule has 0 radical (unpaired) electrons. The number of hydrogen-bond donors (Lipinski definition) is 0. The fraction of sp³-hybridized carbons (Fsp3) is 0.394. The molecular weight excluding hydrogens is 474 g/mol. The molecule has 0 N–H and O–H groups in total. The van der Waals surface area contributed by atoms with Crippen molar-refractivity contribution in [3.05, 3.63) is 95.6 Å². The number of piperidine rings is 1. The van der Waals surface area contributed by atoms with Crippen molar-refractivity contribution in [3.63, 3.8) is 0 Å². The minimum absolute atomic E-state index is 0.0467. The number of Topliss-reactive ketones (excluding diaryl/α,β-unsaturated/α-hetero) is 1. The summed E-state index contributed by atoms with van der Waals surface area (Å²) in [6, 6.07) is 26.0. The Bertz CT molecular complexity index is 1180. The van der Waals surface area contributed by atoms with Crippen LogP contribution in [-0.2, 0) is 22.6 Å². The Morgan fingerprint density at radius 2 is 1.71 bits per heavy atom. The van der Waals surface area contributed by atoms with E-state index >= 15 is 0 Å². The Kier molecular flexibility index (Phi) is 9.97. The molecule has 0 spiro atoms. The third kappa shape index (κ3) is 7.70. The lowest BCUT2D eigenvalue weighted by Gasteiger charge is -2.36. The van der Waals surface area contributed by atoms with Crippen LogP contribution in [0.2, 0.25) is 0 Å². The van der Waals surface area contributed by atoms with Crippen LogP contribution in [-0.4, -0.2) is 29.2 Å². The van der Waals surface area contributed by atoms with Gasteiger partial charge in [-0.3, -0.25) is 9.59 Å². The quantitative estimate of drug-likeness (QED) is 0.259. The van der Waals surface area contributed by atoms with Crippen LogP contribution < -0.4 is 9.47 Å². The largest absolute Gasteiger partial charge is 0.491 e. The van der Waals surface area contributed by atoms with E-state index in [9.17, 15) is 9.59 Å². The summed E-state index contributed by atoms with van der Waals surface area (Å²) in [6.45, 7) is 4.95. The molecule has 5 nitrogen and oxygen atoms in total. The zero-order valence-electron chi connectivity index (χ0n) is 22.6. The van der Waals surface area contributed by atoms with Crippen LogP contribution in [0.5, 0.6) is 11.5 Å². The molecule has 200 valence electrons. The summed E-state index contributed by atoms with van der Waals surface area (Å²) in [4.78, 5) is 27.3. The van der Waals surface area contributed by atoms with Crippen LogP contribution >= 0.6 is 0 Å². The molecule has 38 heavy (non-hydrogen) atoms. The van der Waals surface area contributed by atoms with Crippen molar-refractivity contribution in [2.45, 2.75) is 77.5 Å². The number of amides is 1. The molecule has 1 heterocycles. The normalized spacial score (nSPS) is 16.2. The standard InChI is InChI=1S/C33H39NO4/c1-3-11-33(36)34-21-20-28(35)22-31(34)30-19-18-29(23-32(30)37-24-27-15-8-5-9-16-27)38-25(2)12-10-17-26-13-6-4-7-14-26/h4-9,13-16,18-19,23,25,31H,3,10-12,17,20-22,24H2,1-2H3. The van der Waals surface area contributed by atoms with Crippen molar-refractivity contribution in [1.82, 2.24) is 4.90 Å². The van der Waals surface area contributed by atoms with Crippen molar-refractivity contribution >= 4 is 11.7 Å². The van der Waals surface area contributed by atoms with E-state index < -0.39 is 0 Å². The average molecular weight is 514 g/mol. The molecular formula is C33H39NO4. The topological polar surface area (TPSA) is 55.8 Å². The second-order valence-electron chi connectivity index (χ2n) is 10.1. The van der Waals surface area contributed by atoms with Crippen molar-refractivity contribution in [2.24, 2.45) is 0 Å². The molecule has 2 atom stereocenters. The first kappa shape index (κ1) is 27.4. The lowest BCUT2D eigenvalue weighted by molar-refractivity contribution is -0.138. The van der Waals surface area contributed by atoms with Crippen molar-refractivity contribution < 1.29 is 19.1 Å². The summed E-state index contributed by atoms with van der Waals surface area (Å²) in [7, 11) is 0. The average Bonchev–Trinajstić information content (AvgIpc) is 2.93. The molecule has 4 rings (SSSR count). The molecule has 2 unspecified atom stereocenters. The summed E-state index contributed by atoms with van der Waals surface area (Å²) in [6.07, 6.45) is 5.03. The van der Waals surface area contributed by atoms with E-state index in [-0.39, 0.29) is 23.8 Å². The summed E-state index contributed by atoms with van der Waals surface area (Å²) < 4.78 is 12.6. The van der Waals surface area contributed by atoms with Gasteiger partial charge in [-0.2, -0.15) is 0 Å². The lowest BCUT2D eigenvalue weighted by atomic mass is 9.93. The van der Waals surface area contributed by atoms with Crippen LogP contribution in [0.3, 0.4) is 0 Å². The van der Waals surface area contributed by atoms with Gasteiger partial charge in [0.25, 0.3) is 0 Å². The highest BCUT2D eigenvalue weighted by Crippen LogP contribution is 2.38. The Balaban J connectivity index is 1.51. The number of carbonyl (C=O) groups is 2. The van der Waals surface area contributed by atoms with Gasteiger partial charge >= 0.3 is 0 Å². The Hall–Kier alpha value is -3.60. The fourth-order valence-electron chi connectivity index (χ4n) is 5.02. The molecule has 1 fully saturated rings. The maximum absolute atomic E-state index is 12.9. The highest BCUT2D eigenvalue weighted by Gasteiger charge is 2.33. The second-order valence-corrected chi connectivity index (χ2v) is 10.1. The van der Waals surface area contributed by atoms with Gasteiger partial charge in [0.05, 0.1) is 12.1 Å². The van der Waals surface area contributed by atoms with Gasteiger partial charge in [0, 0.05) is 37.4 Å². The van der Waals surface area contributed by atoms with E-state index in [1.165, 1.54) is 5.56 Å². The molecule has 0 saturated carbocycles. The number of ketones is 1. The lowest BCUT2D eigenvalue weighted by Crippen LogP contribution is -2.41. The molecule has 0 aromatic heterocycles. The predicted molar refractivity (Wildman–Crippen MR) is 150 cm³/mol. The maximum atomic E-state index is 12.9. The number of carbonyl (C=O) groups excluding carboxylic acids is 2. The van der Waals surface area contributed by atoms with E-state index in [4.69, 9.17) is 9.47 Å². The summed E-state index contributed by atoms with van der Waals surface area (Å²) in [5.74, 6) is 1.66. The van der Waals surface area contributed by atoms with Gasteiger partial charge in [-0.15, -0.1) is 0 Å². The summed E-state index contributed by atoms with van der Waals surface area (Å²) >= 11 is 0. The number of hydrogen-bond acceptors (Lipinski definition) is 4.